The lowest BCUT2D eigenvalue weighted by Gasteiger charge is -2.14. The summed E-state index contributed by atoms with van der Waals surface area (Å²) >= 11 is 2.94. The van der Waals surface area contributed by atoms with E-state index in [1.807, 2.05) is 6.92 Å². The van der Waals surface area contributed by atoms with E-state index >= 15 is 0 Å². The van der Waals surface area contributed by atoms with Gasteiger partial charge in [0.2, 0.25) is 5.01 Å². The van der Waals surface area contributed by atoms with Crippen LogP contribution in [0.1, 0.15) is 46.3 Å². The first-order chi connectivity index (χ1) is 9.36. The van der Waals surface area contributed by atoms with E-state index in [0.717, 1.165) is 22.1 Å². The lowest BCUT2D eigenvalue weighted by atomic mass is 9.93. The van der Waals surface area contributed by atoms with E-state index < -0.39 is 0 Å². The molecule has 108 valence electrons. The number of thiazole rings is 1. The molecule has 0 radical (unpaired) electrons. The summed E-state index contributed by atoms with van der Waals surface area (Å²) in [5.74, 6) is -0.164. The van der Waals surface area contributed by atoms with Crippen LogP contribution in [0.5, 0.6) is 0 Å². The minimum atomic E-state index is -0.164. The van der Waals surface area contributed by atoms with Gasteiger partial charge in [0.05, 0.1) is 10.7 Å². The van der Waals surface area contributed by atoms with Gasteiger partial charge in [0.25, 0.3) is 5.91 Å². The van der Waals surface area contributed by atoms with Crippen LogP contribution in [0.25, 0.3) is 0 Å². The zero-order valence-electron chi connectivity index (χ0n) is 12.1. The lowest BCUT2D eigenvalue weighted by Crippen LogP contribution is -2.25. The van der Waals surface area contributed by atoms with Crippen LogP contribution in [-0.4, -0.2) is 27.6 Å². The lowest BCUT2D eigenvalue weighted by molar-refractivity contribution is 0.0953. The summed E-state index contributed by atoms with van der Waals surface area (Å²) in [5.41, 5.74) is 1.17. The van der Waals surface area contributed by atoms with Gasteiger partial charge in [-0.2, -0.15) is 0 Å². The van der Waals surface area contributed by atoms with Crippen molar-refractivity contribution < 1.29 is 4.79 Å². The van der Waals surface area contributed by atoms with Gasteiger partial charge in [-0.05, 0) is 6.92 Å². The molecule has 0 bridgehead atoms. The fourth-order valence-corrected chi connectivity index (χ4v) is 3.15. The first-order valence-corrected chi connectivity index (χ1v) is 8.09. The average molecular weight is 310 g/mol. The van der Waals surface area contributed by atoms with Gasteiger partial charge in [-0.3, -0.25) is 4.79 Å². The molecule has 20 heavy (non-hydrogen) atoms. The third-order valence-corrected chi connectivity index (χ3v) is 4.41. The fraction of sp³-hybridized carbons (Fsp3) is 0.538. The van der Waals surface area contributed by atoms with Crippen LogP contribution in [0.2, 0.25) is 0 Å². The molecule has 2 heterocycles. The van der Waals surface area contributed by atoms with Crippen LogP contribution >= 0.6 is 22.7 Å². The highest BCUT2D eigenvalue weighted by Gasteiger charge is 2.17. The Kier molecular flexibility index (Phi) is 4.49. The van der Waals surface area contributed by atoms with Gasteiger partial charge in [-0.1, -0.05) is 32.1 Å². The van der Waals surface area contributed by atoms with Gasteiger partial charge in [-0.15, -0.1) is 21.5 Å². The Hall–Kier alpha value is -1.34. The van der Waals surface area contributed by atoms with Gasteiger partial charge in [0.15, 0.2) is 0 Å². The van der Waals surface area contributed by atoms with E-state index in [9.17, 15) is 4.79 Å². The zero-order valence-corrected chi connectivity index (χ0v) is 13.7. The third kappa shape index (κ3) is 3.83. The highest BCUT2D eigenvalue weighted by Crippen LogP contribution is 2.23. The van der Waals surface area contributed by atoms with Gasteiger partial charge in [-0.25, -0.2) is 4.98 Å². The van der Waals surface area contributed by atoms with Gasteiger partial charge < -0.3 is 5.32 Å². The molecule has 5 nitrogen and oxygen atoms in total. The van der Waals surface area contributed by atoms with Crippen molar-refractivity contribution in [2.45, 2.75) is 39.5 Å². The van der Waals surface area contributed by atoms with Crippen LogP contribution in [-0.2, 0) is 11.8 Å². The molecule has 2 aromatic rings. The first-order valence-electron chi connectivity index (χ1n) is 6.39. The van der Waals surface area contributed by atoms with E-state index in [0.29, 0.717) is 11.6 Å². The molecule has 1 N–H and O–H groups in total. The smallest absolute Gasteiger partial charge is 0.282 e. The highest BCUT2D eigenvalue weighted by molar-refractivity contribution is 7.13. The van der Waals surface area contributed by atoms with E-state index in [2.05, 4.69) is 46.6 Å². The van der Waals surface area contributed by atoms with Crippen LogP contribution < -0.4 is 5.32 Å². The molecule has 0 aliphatic carbocycles. The minimum Gasteiger partial charge on any atom is -0.349 e. The topological polar surface area (TPSA) is 67.8 Å². The molecule has 0 saturated heterocycles. The maximum Gasteiger partial charge on any atom is 0.282 e. The Morgan fingerprint density at radius 2 is 2.10 bits per heavy atom. The zero-order chi connectivity index (χ0) is 14.8. The van der Waals surface area contributed by atoms with Crippen LogP contribution in [0.15, 0.2) is 5.38 Å². The average Bonchev–Trinajstić information content (AvgIpc) is 2.97. The third-order valence-electron chi connectivity index (χ3n) is 2.66. The molecule has 0 aliphatic heterocycles. The number of hydrogen-bond donors (Lipinski definition) is 1. The second-order valence-electron chi connectivity index (χ2n) is 5.51. The summed E-state index contributed by atoms with van der Waals surface area (Å²) in [4.78, 5) is 16.4. The predicted octanol–water partition coefficient (Wildman–Crippen LogP) is 2.57. The summed E-state index contributed by atoms with van der Waals surface area (Å²) < 4.78 is 0. The molecule has 0 fully saturated rings. The normalized spacial score (nSPS) is 11.6. The SMILES string of the molecule is Cc1nnc(C(=O)NCCc2nc(C(C)(C)C)cs2)s1. The summed E-state index contributed by atoms with van der Waals surface area (Å²) in [7, 11) is 0. The van der Waals surface area contributed by atoms with Gasteiger partial charge in [0, 0.05) is 23.8 Å². The standard InChI is InChI=1S/C13H18N4OS2/c1-8-16-17-12(20-8)11(18)14-6-5-10-15-9(7-19-10)13(2,3)4/h7H,5-6H2,1-4H3,(H,14,18). The number of nitrogens with zero attached hydrogens (tertiary/aromatic N) is 3. The number of carbonyl (C=O) groups excluding carboxylic acids is 1. The van der Waals surface area contributed by atoms with Crippen LogP contribution in [0.3, 0.4) is 0 Å². The first kappa shape index (κ1) is 15.1. The number of carbonyl (C=O) groups is 1. The molecule has 7 heteroatoms. The molecule has 2 aromatic heterocycles. The monoisotopic (exact) mass is 310 g/mol. The van der Waals surface area contributed by atoms with Crippen molar-refractivity contribution in [2.24, 2.45) is 0 Å². The van der Waals surface area contributed by atoms with E-state index in [4.69, 9.17) is 0 Å². The number of rotatable bonds is 4. The van der Waals surface area contributed by atoms with Crippen molar-refractivity contribution in [3.05, 3.63) is 26.1 Å². The number of aryl methyl sites for hydroxylation is 1. The van der Waals surface area contributed by atoms with E-state index in [1.165, 1.54) is 11.3 Å². The Bertz CT molecular complexity index is 598. The molecular formula is C13H18N4OS2. The Morgan fingerprint density at radius 3 is 2.65 bits per heavy atom. The van der Waals surface area contributed by atoms with Crippen molar-refractivity contribution >= 4 is 28.6 Å². The molecule has 0 saturated carbocycles. The van der Waals surface area contributed by atoms with Crippen molar-refractivity contribution in [2.75, 3.05) is 6.54 Å². The van der Waals surface area contributed by atoms with E-state index in [1.54, 1.807) is 11.3 Å². The molecule has 0 spiro atoms. The minimum absolute atomic E-state index is 0.0715. The number of aromatic nitrogens is 3. The maximum absolute atomic E-state index is 11.8. The molecule has 2 rings (SSSR count). The van der Waals surface area contributed by atoms with Crippen molar-refractivity contribution in [3.63, 3.8) is 0 Å². The van der Waals surface area contributed by atoms with Gasteiger partial charge in [0.1, 0.15) is 5.01 Å². The summed E-state index contributed by atoms with van der Waals surface area (Å²) in [6.45, 7) is 8.83. The molecule has 0 aromatic carbocycles. The largest absolute Gasteiger partial charge is 0.349 e. The van der Waals surface area contributed by atoms with Crippen molar-refractivity contribution in [1.29, 1.82) is 0 Å². The molecule has 0 aliphatic rings. The summed E-state index contributed by atoms with van der Waals surface area (Å²) in [5, 5.41) is 14.8. The maximum atomic E-state index is 11.8. The predicted molar refractivity (Wildman–Crippen MR) is 81.5 cm³/mol. The summed E-state index contributed by atoms with van der Waals surface area (Å²) in [6.07, 6.45) is 0.740. The van der Waals surface area contributed by atoms with Crippen molar-refractivity contribution in [3.8, 4) is 0 Å². The van der Waals surface area contributed by atoms with Crippen LogP contribution in [0, 0.1) is 6.92 Å². The molecular weight excluding hydrogens is 292 g/mol. The quantitative estimate of drug-likeness (QED) is 0.942. The second kappa shape index (κ2) is 5.97. The van der Waals surface area contributed by atoms with E-state index in [-0.39, 0.29) is 11.3 Å². The second-order valence-corrected chi connectivity index (χ2v) is 7.63. The fourth-order valence-electron chi connectivity index (χ4n) is 1.52. The van der Waals surface area contributed by atoms with Crippen molar-refractivity contribution in [1.82, 2.24) is 20.5 Å². The van der Waals surface area contributed by atoms with Crippen LogP contribution in [0.4, 0.5) is 0 Å². The van der Waals surface area contributed by atoms with Gasteiger partial charge >= 0.3 is 0 Å². The Morgan fingerprint density at radius 1 is 1.35 bits per heavy atom. The molecule has 0 atom stereocenters. The highest BCUT2D eigenvalue weighted by atomic mass is 32.1. The Balaban J connectivity index is 1.84. The number of hydrogen-bond acceptors (Lipinski definition) is 6. The summed E-state index contributed by atoms with van der Waals surface area (Å²) in [6, 6.07) is 0. The number of amides is 1. The molecule has 0 unspecified atom stereocenters. The molecule has 1 amide bonds. The Labute approximate surface area is 126 Å². The number of nitrogens with one attached hydrogen (secondary N) is 1.